The van der Waals surface area contributed by atoms with Gasteiger partial charge in [0.25, 0.3) is 5.91 Å². The van der Waals surface area contributed by atoms with Gasteiger partial charge in [-0.2, -0.15) is 0 Å². The first kappa shape index (κ1) is 20.3. The molecule has 1 saturated heterocycles. The van der Waals surface area contributed by atoms with Crippen LogP contribution in [0.4, 0.5) is 0 Å². The second-order valence-electron chi connectivity index (χ2n) is 6.95. The van der Waals surface area contributed by atoms with Crippen molar-refractivity contribution < 1.29 is 14.3 Å². The summed E-state index contributed by atoms with van der Waals surface area (Å²) < 4.78 is 5.14. The minimum absolute atomic E-state index is 0.0521. The number of amides is 2. The second-order valence-corrected chi connectivity index (χ2v) is 7.95. The van der Waals surface area contributed by atoms with E-state index < -0.39 is 6.04 Å². The van der Waals surface area contributed by atoms with Gasteiger partial charge in [-0.3, -0.25) is 9.59 Å². The standard InChI is InChI=1S/C22H26N2O3S/c1-16(8-9-17-6-4-3-5-7-17)23-21(25)20-14-28-15-24(20)22(26)18-10-12-19(27-2)13-11-18/h3-7,10-13,16,20H,8-9,14-15H2,1-2H3,(H,23,25). The maximum Gasteiger partial charge on any atom is 0.255 e. The average Bonchev–Trinajstić information content (AvgIpc) is 3.22. The third-order valence-electron chi connectivity index (χ3n) is 4.88. The molecule has 1 aliphatic heterocycles. The SMILES string of the molecule is COc1ccc(C(=O)N2CSCC2C(=O)NC(C)CCc2ccccc2)cc1. The minimum atomic E-state index is -0.432. The predicted molar refractivity (Wildman–Crippen MR) is 113 cm³/mol. The Morgan fingerprint density at radius 1 is 1.18 bits per heavy atom. The van der Waals surface area contributed by atoms with Gasteiger partial charge in [0.2, 0.25) is 5.91 Å². The number of methoxy groups -OCH3 is 1. The maximum atomic E-state index is 12.8. The molecule has 0 saturated carbocycles. The number of ether oxygens (including phenoxy) is 1. The molecule has 1 heterocycles. The summed E-state index contributed by atoms with van der Waals surface area (Å²) in [6, 6.07) is 16.9. The molecule has 2 atom stereocenters. The molecule has 1 aliphatic rings. The molecule has 0 aliphatic carbocycles. The molecule has 2 amide bonds. The van der Waals surface area contributed by atoms with Crippen molar-refractivity contribution >= 4 is 23.6 Å². The lowest BCUT2D eigenvalue weighted by Gasteiger charge is -2.25. The topological polar surface area (TPSA) is 58.6 Å². The highest BCUT2D eigenvalue weighted by Crippen LogP contribution is 2.24. The van der Waals surface area contributed by atoms with Crippen molar-refractivity contribution in [2.45, 2.75) is 31.8 Å². The molecule has 0 aromatic heterocycles. The molecule has 1 N–H and O–H groups in total. The lowest BCUT2D eigenvalue weighted by Crippen LogP contribution is -2.49. The number of benzene rings is 2. The number of rotatable bonds is 7. The van der Waals surface area contributed by atoms with Crippen molar-refractivity contribution in [2.75, 3.05) is 18.7 Å². The summed E-state index contributed by atoms with van der Waals surface area (Å²) in [4.78, 5) is 27.3. The first-order valence-corrected chi connectivity index (χ1v) is 10.6. The molecule has 0 spiro atoms. The van der Waals surface area contributed by atoms with Gasteiger partial charge in [0.05, 0.1) is 13.0 Å². The molecule has 148 valence electrons. The highest BCUT2D eigenvalue weighted by Gasteiger charge is 2.35. The largest absolute Gasteiger partial charge is 0.497 e. The van der Waals surface area contributed by atoms with Crippen molar-refractivity contribution in [3.05, 3.63) is 65.7 Å². The normalized spacial score (nSPS) is 17.2. The van der Waals surface area contributed by atoms with Gasteiger partial charge >= 0.3 is 0 Å². The first-order chi connectivity index (χ1) is 13.6. The number of hydrogen-bond acceptors (Lipinski definition) is 4. The van der Waals surface area contributed by atoms with E-state index in [1.54, 1.807) is 48.0 Å². The summed E-state index contributed by atoms with van der Waals surface area (Å²) in [5.41, 5.74) is 1.83. The Bertz CT molecular complexity index is 795. The van der Waals surface area contributed by atoms with Crippen LogP contribution in [0.15, 0.2) is 54.6 Å². The van der Waals surface area contributed by atoms with Crippen LogP contribution in [0.5, 0.6) is 5.75 Å². The average molecular weight is 399 g/mol. The van der Waals surface area contributed by atoms with Gasteiger partial charge in [0.15, 0.2) is 0 Å². The van der Waals surface area contributed by atoms with Gasteiger partial charge in [-0.05, 0) is 49.6 Å². The number of aryl methyl sites for hydroxylation is 1. The van der Waals surface area contributed by atoms with Crippen LogP contribution in [0.2, 0.25) is 0 Å². The Morgan fingerprint density at radius 3 is 2.57 bits per heavy atom. The molecule has 2 aromatic rings. The third kappa shape index (κ3) is 5.07. The van der Waals surface area contributed by atoms with E-state index in [0.717, 1.165) is 12.8 Å². The maximum absolute atomic E-state index is 12.8. The number of nitrogens with one attached hydrogen (secondary N) is 1. The van der Waals surface area contributed by atoms with Gasteiger partial charge < -0.3 is 15.0 Å². The Morgan fingerprint density at radius 2 is 1.89 bits per heavy atom. The van der Waals surface area contributed by atoms with Crippen molar-refractivity contribution in [1.82, 2.24) is 10.2 Å². The highest BCUT2D eigenvalue weighted by molar-refractivity contribution is 7.99. The Kier molecular flexibility index (Phi) is 6.98. The van der Waals surface area contributed by atoms with Crippen molar-refractivity contribution in [3.63, 3.8) is 0 Å². The lowest BCUT2D eigenvalue weighted by atomic mass is 10.1. The number of carbonyl (C=O) groups is 2. The number of hydrogen-bond donors (Lipinski definition) is 1. The summed E-state index contributed by atoms with van der Waals surface area (Å²) in [6.07, 6.45) is 1.78. The molecule has 28 heavy (non-hydrogen) atoms. The van der Waals surface area contributed by atoms with Crippen LogP contribution >= 0.6 is 11.8 Å². The van der Waals surface area contributed by atoms with Crippen molar-refractivity contribution in [3.8, 4) is 5.75 Å². The van der Waals surface area contributed by atoms with Crippen LogP contribution in [0.1, 0.15) is 29.3 Å². The smallest absolute Gasteiger partial charge is 0.255 e. The lowest BCUT2D eigenvalue weighted by molar-refractivity contribution is -0.125. The molecule has 5 nitrogen and oxygen atoms in total. The van der Waals surface area contributed by atoms with Gasteiger partial charge in [-0.1, -0.05) is 30.3 Å². The molecule has 6 heteroatoms. The number of carbonyl (C=O) groups excluding carboxylic acids is 2. The van der Waals surface area contributed by atoms with Crippen LogP contribution in [0.3, 0.4) is 0 Å². The summed E-state index contributed by atoms with van der Waals surface area (Å²) in [5.74, 6) is 1.66. The van der Waals surface area contributed by atoms with Crippen molar-refractivity contribution in [1.29, 1.82) is 0 Å². The summed E-state index contributed by atoms with van der Waals surface area (Å²) >= 11 is 1.61. The quantitative estimate of drug-likeness (QED) is 0.777. The van der Waals surface area contributed by atoms with E-state index in [0.29, 0.717) is 22.9 Å². The summed E-state index contributed by atoms with van der Waals surface area (Å²) in [7, 11) is 1.59. The molecule has 0 radical (unpaired) electrons. The van der Waals surface area contributed by atoms with E-state index in [1.165, 1.54) is 5.56 Å². The van der Waals surface area contributed by atoms with E-state index in [-0.39, 0.29) is 17.9 Å². The van der Waals surface area contributed by atoms with Gasteiger partial charge in [0, 0.05) is 17.4 Å². The molecule has 2 unspecified atom stereocenters. The predicted octanol–water partition coefficient (Wildman–Crippen LogP) is 3.35. The summed E-state index contributed by atoms with van der Waals surface area (Å²) in [6.45, 7) is 2.01. The van der Waals surface area contributed by atoms with Gasteiger partial charge in [0.1, 0.15) is 11.8 Å². The van der Waals surface area contributed by atoms with E-state index in [4.69, 9.17) is 4.74 Å². The fraction of sp³-hybridized carbons (Fsp3) is 0.364. The summed E-state index contributed by atoms with van der Waals surface area (Å²) in [5, 5.41) is 3.08. The minimum Gasteiger partial charge on any atom is -0.497 e. The zero-order valence-electron chi connectivity index (χ0n) is 16.3. The van der Waals surface area contributed by atoms with E-state index >= 15 is 0 Å². The molecule has 0 bridgehead atoms. The Balaban J connectivity index is 1.56. The zero-order chi connectivity index (χ0) is 19.9. The monoisotopic (exact) mass is 398 g/mol. The van der Waals surface area contributed by atoms with Crippen LogP contribution in [-0.2, 0) is 11.2 Å². The van der Waals surface area contributed by atoms with Crippen LogP contribution in [0.25, 0.3) is 0 Å². The number of nitrogens with zero attached hydrogens (tertiary/aromatic N) is 1. The number of thioether (sulfide) groups is 1. The molecule has 1 fully saturated rings. The van der Waals surface area contributed by atoms with E-state index in [1.807, 2.05) is 25.1 Å². The Hall–Kier alpha value is -2.47. The van der Waals surface area contributed by atoms with E-state index in [2.05, 4.69) is 17.4 Å². The van der Waals surface area contributed by atoms with Crippen molar-refractivity contribution in [2.24, 2.45) is 0 Å². The van der Waals surface area contributed by atoms with E-state index in [9.17, 15) is 9.59 Å². The highest BCUT2D eigenvalue weighted by atomic mass is 32.2. The molecular weight excluding hydrogens is 372 g/mol. The Labute approximate surface area is 170 Å². The van der Waals surface area contributed by atoms with Gasteiger partial charge in [-0.25, -0.2) is 0 Å². The third-order valence-corrected chi connectivity index (χ3v) is 5.89. The van der Waals surface area contributed by atoms with Crippen LogP contribution < -0.4 is 10.1 Å². The van der Waals surface area contributed by atoms with Crippen LogP contribution in [-0.4, -0.2) is 47.5 Å². The fourth-order valence-corrected chi connectivity index (χ4v) is 4.35. The fourth-order valence-electron chi connectivity index (χ4n) is 3.20. The van der Waals surface area contributed by atoms with Gasteiger partial charge in [-0.15, -0.1) is 11.8 Å². The zero-order valence-corrected chi connectivity index (χ0v) is 17.1. The molecular formula is C22H26N2O3S. The molecule has 2 aromatic carbocycles. The first-order valence-electron chi connectivity index (χ1n) is 9.45. The van der Waals surface area contributed by atoms with Crippen LogP contribution in [0, 0.1) is 0 Å². The molecule has 3 rings (SSSR count). The second kappa shape index (κ2) is 9.64.